The zero-order chi connectivity index (χ0) is 8.43. The van der Waals surface area contributed by atoms with E-state index in [1.807, 2.05) is 0 Å². The fourth-order valence-corrected chi connectivity index (χ4v) is 0.906. The largest absolute Gasteiger partial charge is 0.280 e. The molecule has 1 rings (SSSR count). The van der Waals surface area contributed by atoms with Gasteiger partial charge in [0, 0.05) is 4.47 Å². The molecule has 1 aromatic rings. The normalized spacial score (nSPS) is 10.6. The van der Waals surface area contributed by atoms with Crippen LogP contribution in [0.5, 0.6) is 0 Å². The van der Waals surface area contributed by atoms with E-state index in [-0.39, 0.29) is 5.69 Å². The van der Waals surface area contributed by atoms with E-state index in [4.69, 9.17) is 0 Å². The number of hydrogen-bond donors (Lipinski definition) is 0. The zero-order valence-electron chi connectivity index (χ0n) is 5.81. The highest BCUT2D eigenvalue weighted by atomic mass is 79.9. The molecule has 11 heavy (non-hydrogen) atoms. The number of hydrogen-bond acceptors (Lipinski definition) is 1. The van der Waals surface area contributed by atoms with Crippen molar-refractivity contribution in [2.75, 3.05) is 0 Å². The van der Waals surface area contributed by atoms with Gasteiger partial charge in [0.2, 0.25) is 0 Å². The van der Waals surface area contributed by atoms with E-state index >= 15 is 0 Å². The predicted octanol–water partition coefficient (Wildman–Crippen LogP) is 3.09. The molecule has 0 N–H and O–H groups in total. The second kappa shape index (κ2) is 3.26. The van der Waals surface area contributed by atoms with Crippen LogP contribution in [0, 0.1) is 6.92 Å². The molecule has 1 nitrogen and oxygen atoms in total. The maximum Gasteiger partial charge on any atom is 0.280 e. The quantitative estimate of drug-likeness (QED) is 0.711. The monoisotopic (exact) mass is 221 g/mol. The summed E-state index contributed by atoms with van der Waals surface area (Å²) in [5.41, 5.74) is 0.411. The summed E-state index contributed by atoms with van der Waals surface area (Å²) in [6.07, 6.45) is -2.48. The van der Waals surface area contributed by atoms with Crippen LogP contribution < -0.4 is 0 Å². The molecule has 0 unspecified atom stereocenters. The minimum Gasteiger partial charge on any atom is -0.251 e. The Bertz CT molecular complexity index is 263. The van der Waals surface area contributed by atoms with Crippen LogP contribution in [-0.4, -0.2) is 4.98 Å². The summed E-state index contributed by atoms with van der Waals surface area (Å²) in [5.74, 6) is 0. The Morgan fingerprint density at radius 3 is 2.55 bits per heavy atom. The van der Waals surface area contributed by atoms with Gasteiger partial charge in [-0.2, -0.15) is 0 Å². The number of pyridine rings is 1. The molecular weight excluding hydrogens is 216 g/mol. The molecule has 0 saturated heterocycles. The lowest BCUT2D eigenvalue weighted by atomic mass is 10.3. The van der Waals surface area contributed by atoms with Gasteiger partial charge in [-0.05, 0) is 35.0 Å². The van der Waals surface area contributed by atoms with Gasteiger partial charge in [0.1, 0.15) is 5.69 Å². The molecule has 0 aromatic carbocycles. The summed E-state index contributed by atoms with van der Waals surface area (Å²) in [6.45, 7) is 1.68. The molecule has 0 spiro atoms. The summed E-state index contributed by atoms with van der Waals surface area (Å²) < 4.78 is 24.8. The van der Waals surface area contributed by atoms with Gasteiger partial charge in [-0.15, -0.1) is 0 Å². The maximum absolute atomic E-state index is 12.0. The Balaban J connectivity index is 3.05. The van der Waals surface area contributed by atoms with E-state index in [1.54, 1.807) is 13.0 Å². The first-order valence-corrected chi connectivity index (χ1v) is 3.81. The van der Waals surface area contributed by atoms with Crippen molar-refractivity contribution in [2.45, 2.75) is 13.3 Å². The molecule has 4 heteroatoms. The highest BCUT2D eigenvalue weighted by Crippen LogP contribution is 2.20. The minimum atomic E-state index is -2.48. The van der Waals surface area contributed by atoms with E-state index in [2.05, 4.69) is 20.9 Å². The smallest absolute Gasteiger partial charge is 0.251 e. The van der Waals surface area contributed by atoms with Crippen LogP contribution >= 0.6 is 15.9 Å². The number of aryl methyl sites for hydroxylation is 1. The molecule has 0 aliphatic heterocycles. The number of rotatable bonds is 1. The summed E-state index contributed by atoms with van der Waals surface area (Å²) >= 11 is 3.17. The second-order valence-corrected chi connectivity index (χ2v) is 2.96. The van der Waals surface area contributed by atoms with Gasteiger partial charge >= 0.3 is 0 Å². The summed E-state index contributed by atoms with van der Waals surface area (Å²) in [5, 5.41) is 0. The number of halogens is 3. The lowest BCUT2D eigenvalue weighted by Crippen LogP contribution is -1.92. The van der Waals surface area contributed by atoms with Gasteiger partial charge in [-0.1, -0.05) is 0 Å². The molecule has 0 amide bonds. The molecule has 0 saturated carbocycles. The number of nitrogens with zero attached hydrogens (tertiary/aromatic N) is 1. The van der Waals surface area contributed by atoms with Crippen LogP contribution in [0.1, 0.15) is 17.8 Å². The van der Waals surface area contributed by atoms with Crippen molar-refractivity contribution in [2.24, 2.45) is 0 Å². The van der Waals surface area contributed by atoms with Gasteiger partial charge in [0.25, 0.3) is 6.43 Å². The van der Waals surface area contributed by atoms with Crippen molar-refractivity contribution in [3.63, 3.8) is 0 Å². The third-order valence-electron chi connectivity index (χ3n) is 1.27. The fraction of sp³-hybridized carbons (Fsp3) is 0.286. The zero-order valence-corrected chi connectivity index (χ0v) is 7.40. The Hall–Kier alpha value is -0.510. The van der Waals surface area contributed by atoms with Gasteiger partial charge < -0.3 is 0 Å². The first-order valence-electron chi connectivity index (χ1n) is 3.02. The average molecular weight is 222 g/mol. The van der Waals surface area contributed by atoms with Crippen molar-refractivity contribution in [1.82, 2.24) is 4.98 Å². The van der Waals surface area contributed by atoms with Crippen LogP contribution in [-0.2, 0) is 0 Å². The summed E-state index contributed by atoms with van der Waals surface area (Å²) in [7, 11) is 0. The summed E-state index contributed by atoms with van der Waals surface area (Å²) in [6, 6.07) is 2.88. The SMILES string of the molecule is Cc1nc(C(F)F)ccc1Br. The molecule has 0 bridgehead atoms. The molecule has 1 heterocycles. The van der Waals surface area contributed by atoms with Crippen LogP contribution in [0.4, 0.5) is 8.78 Å². The molecule has 0 radical (unpaired) electrons. The van der Waals surface area contributed by atoms with Gasteiger partial charge in [0.05, 0.1) is 5.69 Å². The highest BCUT2D eigenvalue weighted by molar-refractivity contribution is 9.10. The van der Waals surface area contributed by atoms with E-state index in [9.17, 15) is 8.78 Å². The Morgan fingerprint density at radius 1 is 1.45 bits per heavy atom. The fourth-order valence-electron chi connectivity index (χ4n) is 0.685. The van der Waals surface area contributed by atoms with Crippen molar-refractivity contribution in [3.8, 4) is 0 Å². The average Bonchev–Trinajstić information content (AvgIpc) is 1.94. The Morgan fingerprint density at radius 2 is 2.09 bits per heavy atom. The van der Waals surface area contributed by atoms with E-state index in [0.29, 0.717) is 5.69 Å². The molecular formula is C7H6BrF2N. The van der Waals surface area contributed by atoms with Crippen molar-refractivity contribution in [1.29, 1.82) is 0 Å². The molecule has 0 atom stereocenters. The van der Waals surface area contributed by atoms with E-state index in [0.717, 1.165) is 4.47 Å². The second-order valence-electron chi connectivity index (χ2n) is 2.10. The highest BCUT2D eigenvalue weighted by Gasteiger charge is 2.08. The molecule has 1 aromatic heterocycles. The molecule has 0 aliphatic rings. The first-order chi connectivity index (χ1) is 5.11. The minimum absolute atomic E-state index is 0.175. The third-order valence-corrected chi connectivity index (χ3v) is 2.10. The number of aromatic nitrogens is 1. The molecule has 0 aliphatic carbocycles. The van der Waals surface area contributed by atoms with Crippen LogP contribution in [0.3, 0.4) is 0 Å². The van der Waals surface area contributed by atoms with Crippen LogP contribution in [0.25, 0.3) is 0 Å². The van der Waals surface area contributed by atoms with Gasteiger partial charge in [-0.3, -0.25) is 4.98 Å². The van der Waals surface area contributed by atoms with Gasteiger partial charge in [0.15, 0.2) is 0 Å². The third kappa shape index (κ3) is 1.96. The number of alkyl halides is 2. The van der Waals surface area contributed by atoms with E-state index in [1.165, 1.54) is 6.07 Å². The topological polar surface area (TPSA) is 12.9 Å². The van der Waals surface area contributed by atoms with Gasteiger partial charge in [-0.25, -0.2) is 8.78 Å². The van der Waals surface area contributed by atoms with Crippen molar-refractivity contribution < 1.29 is 8.78 Å². The summed E-state index contributed by atoms with van der Waals surface area (Å²) in [4.78, 5) is 3.68. The lowest BCUT2D eigenvalue weighted by molar-refractivity contribution is 0.146. The maximum atomic E-state index is 12.0. The van der Waals surface area contributed by atoms with Crippen molar-refractivity contribution >= 4 is 15.9 Å². The van der Waals surface area contributed by atoms with Crippen molar-refractivity contribution in [3.05, 3.63) is 28.0 Å². The Labute approximate surface area is 71.6 Å². The van der Waals surface area contributed by atoms with Crippen LogP contribution in [0.2, 0.25) is 0 Å². The lowest BCUT2D eigenvalue weighted by Gasteiger charge is -2.00. The molecule has 0 fully saturated rings. The van der Waals surface area contributed by atoms with E-state index < -0.39 is 6.43 Å². The van der Waals surface area contributed by atoms with Crippen LogP contribution in [0.15, 0.2) is 16.6 Å². The first kappa shape index (κ1) is 8.59. The molecule has 60 valence electrons. The standard InChI is InChI=1S/C7H6BrF2N/c1-4-5(8)2-3-6(11-4)7(9)10/h2-3,7H,1H3. The predicted molar refractivity (Wildman–Crippen MR) is 41.6 cm³/mol. The Kier molecular flexibility index (Phi) is 2.54.